The third kappa shape index (κ3) is 5.81. The molecule has 1 amide bonds. The minimum absolute atomic E-state index is 0.105. The topological polar surface area (TPSA) is 86.5 Å². The molecule has 0 aliphatic heterocycles. The molecule has 1 unspecified atom stereocenters. The molecule has 0 fully saturated rings. The molecule has 0 saturated carbocycles. The summed E-state index contributed by atoms with van der Waals surface area (Å²) < 4.78 is 16.1. The van der Waals surface area contributed by atoms with Crippen LogP contribution < -0.4 is 14.8 Å². The molecule has 174 valence electrons. The maximum absolute atomic E-state index is 12.9. The molecule has 1 aromatic heterocycles. The zero-order valence-corrected chi connectivity index (χ0v) is 19.2. The summed E-state index contributed by atoms with van der Waals surface area (Å²) in [6.45, 7) is 2.55. The van der Waals surface area contributed by atoms with E-state index in [9.17, 15) is 4.79 Å². The van der Waals surface area contributed by atoms with Gasteiger partial charge in [0.25, 0.3) is 0 Å². The van der Waals surface area contributed by atoms with Crippen LogP contribution >= 0.6 is 0 Å². The Labute approximate surface area is 198 Å². The first-order valence-electron chi connectivity index (χ1n) is 11.2. The second-order valence-electron chi connectivity index (χ2n) is 7.65. The molecule has 0 spiro atoms. The Kier molecular flexibility index (Phi) is 7.55. The van der Waals surface area contributed by atoms with Crippen molar-refractivity contribution in [2.75, 3.05) is 13.7 Å². The van der Waals surface area contributed by atoms with Crippen molar-refractivity contribution in [2.24, 2.45) is 0 Å². The minimum atomic E-state index is -0.276. The fraction of sp³-hybridized carbons (Fsp3) is 0.222. The average molecular weight is 458 g/mol. The van der Waals surface area contributed by atoms with Gasteiger partial charge in [-0.1, -0.05) is 47.6 Å². The first-order chi connectivity index (χ1) is 16.7. The number of hydrogen-bond acceptors (Lipinski definition) is 6. The average Bonchev–Trinajstić information content (AvgIpc) is 3.36. The van der Waals surface area contributed by atoms with Gasteiger partial charge in [0.2, 0.25) is 17.6 Å². The Bertz CT molecular complexity index is 1190. The predicted molar refractivity (Wildman–Crippen MR) is 129 cm³/mol. The van der Waals surface area contributed by atoms with Crippen LogP contribution in [0.3, 0.4) is 0 Å². The molecule has 7 nitrogen and oxygen atoms in total. The Morgan fingerprint density at radius 1 is 0.941 bits per heavy atom. The van der Waals surface area contributed by atoms with E-state index >= 15 is 0 Å². The Morgan fingerprint density at radius 3 is 2.29 bits per heavy atom. The van der Waals surface area contributed by atoms with Crippen molar-refractivity contribution in [1.82, 2.24) is 15.5 Å². The molecule has 4 aromatic rings. The maximum Gasteiger partial charge on any atom is 0.227 e. The lowest BCUT2D eigenvalue weighted by Crippen LogP contribution is -2.29. The summed E-state index contributed by atoms with van der Waals surface area (Å²) in [5.74, 6) is 2.35. The quantitative estimate of drug-likeness (QED) is 0.361. The SMILES string of the molecule is CCOc1ccc(C(NC(=O)CCc2nc(-c3ccc(OC)cc3)no2)c2ccccc2)cc1. The molecule has 0 aliphatic rings. The van der Waals surface area contributed by atoms with E-state index < -0.39 is 0 Å². The normalized spacial score (nSPS) is 11.6. The summed E-state index contributed by atoms with van der Waals surface area (Å²) in [4.78, 5) is 17.3. The number of carbonyl (C=O) groups excluding carboxylic acids is 1. The van der Waals surface area contributed by atoms with Crippen molar-refractivity contribution in [3.05, 3.63) is 95.9 Å². The Hall–Kier alpha value is -4.13. The smallest absolute Gasteiger partial charge is 0.227 e. The molecule has 0 radical (unpaired) electrons. The van der Waals surface area contributed by atoms with Gasteiger partial charge in [-0.3, -0.25) is 4.79 Å². The first-order valence-corrected chi connectivity index (χ1v) is 11.2. The van der Waals surface area contributed by atoms with E-state index in [-0.39, 0.29) is 18.4 Å². The number of nitrogens with zero attached hydrogens (tertiary/aromatic N) is 2. The van der Waals surface area contributed by atoms with Gasteiger partial charge >= 0.3 is 0 Å². The molecule has 3 aromatic carbocycles. The summed E-state index contributed by atoms with van der Waals surface area (Å²) >= 11 is 0. The number of ether oxygens (including phenoxy) is 2. The molecule has 4 rings (SSSR count). The van der Waals surface area contributed by atoms with E-state index in [0.717, 1.165) is 28.2 Å². The van der Waals surface area contributed by atoms with Gasteiger partial charge in [0.15, 0.2) is 0 Å². The number of methoxy groups -OCH3 is 1. The first kappa shape index (κ1) is 23.0. The largest absolute Gasteiger partial charge is 0.497 e. The van der Waals surface area contributed by atoms with Crippen LogP contribution in [-0.4, -0.2) is 29.8 Å². The third-order valence-corrected chi connectivity index (χ3v) is 5.34. The highest BCUT2D eigenvalue weighted by atomic mass is 16.5. The fourth-order valence-electron chi connectivity index (χ4n) is 3.60. The van der Waals surface area contributed by atoms with Crippen LogP contribution in [0.25, 0.3) is 11.4 Å². The molecule has 0 aliphatic carbocycles. The van der Waals surface area contributed by atoms with Crippen molar-refractivity contribution >= 4 is 5.91 Å². The predicted octanol–water partition coefficient (Wildman–Crippen LogP) is 4.98. The lowest BCUT2D eigenvalue weighted by atomic mass is 9.98. The van der Waals surface area contributed by atoms with E-state index in [1.54, 1.807) is 7.11 Å². The van der Waals surface area contributed by atoms with E-state index in [4.69, 9.17) is 14.0 Å². The van der Waals surface area contributed by atoms with E-state index in [2.05, 4.69) is 15.5 Å². The van der Waals surface area contributed by atoms with Gasteiger partial charge in [-0.2, -0.15) is 4.98 Å². The zero-order valence-electron chi connectivity index (χ0n) is 19.2. The molecule has 1 heterocycles. The van der Waals surface area contributed by atoms with Crippen molar-refractivity contribution in [3.63, 3.8) is 0 Å². The molecular formula is C27H27N3O4. The van der Waals surface area contributed by atoms with Crippen LogP contribution in [0.5, 0.6) is 11.5 Å². The molecule has 7 heteroatoms. The summed E-state index contributed by atoms with van der Waals surface area (Å²) in [5, 5.41) is 7.17. The van der Waals surface area contributed by atoms with Crippen molar-refractivity contribution in [3.8, 4) is 22.9 Å². The third-order valence-electron chi connectivity index (χ3n) is 5.34. The number of rotatable bonds is 10. The standard InChI is InChI=1S/C27H27N3O4/c1-3-33-23-15-9-20(10-16-23)26(19-7-5-4-6-8-19)28-24(31)17-18-25-29-27(30-34-25)21-11-13-22(32-2)14-12-21/h4-16,26H,3,17-18H2,1-2H3,(H,28,31). The Balaban J connectivity index is 1.41. The number of hydrogen-bond donors (Lipinski definition) is 1. The number of nitrogens with one attached hydrogen (secondary N) is 1. The van der Waals surface area contributed by atoms with Gasteiger partial charge in [0, 0.05) is 18.4 Å². The fourth-order valence-corrected chi connectivity index (χ4v) is 3.60. The second kappa shape index (κ2) is 11.1. The Morgan fingerprint density at radius 2 is 1.62 bits per heavy atom. The van der Waals surface area contributed by atoms with Crippen LogP contribution in [0.4, 0.5) is 0 Å². The van der Waals surface area contributed by atoms with E-state index in [1.807, 2.05) is 85.8 Å². The molecule has 0 saturated heterocycles. The van der Waals surface area contributed by atoms with E-state index in [0.29, 0.717) is 24.7 Å². The van der Waals surface area contributed by atoms with Crippen molar-refractivity contribution < 1.29 is 18.8 Å². The van der Waals surface area contributed by atoms with Crippen LogP contribution in [0, 0.1) is 0 Å². The minimum Gasteiger partial charge on any atom is -0.497 e. The molecule has 34 heavy (non-hydrogen) atoms. The van der Waals surface area contributed by atoms with Gasteiger partial charge in [-0.05, 0) is 54.4 Å². The van der Waals surface area contributed by atoms with Gasteiger partial charge < -0.3 is 19.3 Å². The highest BCUT2D eigenvalue weighted by Crippen LogP contribution is 2.25. The lowest BCUT2D eigenvalue weighted by molar-refractivity contribution is -0.121. The highest BCUT2D eigenvalue weighted by molar-refractivity contribution is 5.77. The number of aromatic nitrogens is 2. The number of aryl methyl sites for hydroxylation is 1. The van der Waals surface area contributed by atoms with Gasteiger partial charge in [-0.25, -0.2) is 0 Å². The van der Waals surface area contributed by atoms with Crippen LogP contribution in [0.15, 0.2) is 83.4 Å². The molecule has 1 N–H and O–H groups in total. The number of carbonyl (C=O) groups is 1. The summed E-state index contributed by atoms with van der Waals surface area (Å²) in [6.07, 6.45) is 0.574. The molecule has 0 bridgehead atoms. The molecule has 1 atom stereocenters. The lowest BCUT2D eigenvalue weighted by Gasteiger charge is -2.20. The van der Waals surface area contributed by atoms with Gasteiger partial charge in [0.1, 0.15) is 11.5 Å². The monoisotopic (exact) mass is 457 g/mol. The van der Waals surface area contributed by atoms with Crippen LogP contribution in [0.1, 0.15) is 36.4 Å². The maximum atomic E-state index is 12.9. The van der Waals surface area contributed by atoms with Crippen LogP contribution in [-0.2, 0) is 11.2 Å². The molecular weight excluding hydrogens is 430 g/mol. The highest BCUT2D eigenvalue weighted by Gasteiger charge is 2.18. The number of benzene rings is 3. The number of amides is 1. The van der Waals surface area contributed by atoms with Crippen molar-refractivity contribution in [1.29, 1.82) is 0 Å². The van der Waals surface area contributed by atoms with Gasteiger partial charge in [-0.15, -0.1) is 0 Å². The summed E-state index contributed by atoms with van der Waals surface area (Å²) in [5.41, 5.74) is 2.79. The van der Waals surface area contributed by atoms with Crippen LogP contribution in [0.2, 0.25) is 0 Å². The summed E-state index contributed by atoms with van der Waals surface area (Å²) in [6, 6.07) is 24.8. The van der Waals surface area contributed by atoms with E-state index in [1.165, 1.54) is 0 Å². The van der Waals surface area contributed by atoms with Crippen molar-refractivity contribution in [2.45, 2.75) is 25.8 Å². The van der Waals surface area contributed by atoms with Gasteiger partial charge in [0.05, 0.1) is 19.8 Å². The zero-order chi connectivity index (χ0) is 23.8. The summed E-state index contributed by atoms with van der Waals surface area (Å²) in [7, 11) is 1.62. The second-order valence-corrected chi connectivity index (χ2v) is 7.65.